The molecule has 142 valence electrons. The van der Waals surface area contributed by atoms with Crippen molar-refractivity contribution in [1.82, 2.24) is 10.3 Å². The molecule has 0 saturated carbocycles. The van der Waals surface area contributed by atoms with Gasteiger partial charge < -0.3 is 14.8 Å². The Kier molecular flexibility index (Phi) is 7.06. The van der Waals surface area contributed by atoms with Crippen LogP contribution in [0.3, 0.4) is 0 Å². The third-order valence-corrected chi connectivity index (χ3v) is 6.48. The number of hydrogen-bond acceptors (Lipinski definition) is 5. The van der Waals surface area contributed by atoms with E-state index in [0.717, 1.165) is 51.3 Å². The maximum atomic E-state index is 5.63. The zero-order valence-corrected chi connectivity index (χ0v) is 16.7. The van der Waals surface area contributed by atoms with Crippen molar-refractivity contribution < 1.29 is 9.47 Å². The molecule has 0 aromatic carbocycles. The van der Waals surface area contributed by atoms with Crippen LogP contribution in [0.5, 0.6) is 5.75 Å². The highest BCUT2D eigenvalue weighted by Gasteiger charge is 2.35. The Balaban J connectivity index is 1.65. The van der Waals surface area contributed by atoms with E-state index in [-0.39, 0.29) is 5.41 Å². The molecule has 3 heterocycles. The average molecular weight is 375 g/mol. The first kappa shape index (κ1) is 19.3. The number of nitrogens with one attached hydrogen (secondary N) is 1. The van der Waals surface area contributed by atoms with Crippen LogP contribution in [-0.2, 0) is 16.7 Å². The third-order valence-electron chi connectivity index (χ3n) is 5.58. The Hall–Kier alpha value is -1.43. The highest BCUT2D eigenvalue weighted by atomic mass is 32.1. The molecular weight excluding hydrogens is 344 g/mol. The van der Waals surface area contributed by atoms with Crippen LogP contribution in [0, 0.1) is 5.92 Å². The predicted molar refractivity (Wildman–Crippen MR) is 107 cm³/mol. The zero-order chi connectivity index (χ0) is 18.2. The fourth-order valence-corrected chi connectivity index (χ4v) is 4.79. The van der Waals surface area contributed by atoms with Crippen molar-refractivity contribution in [2.24, 2.45) is 5.92 Å². The van der Waals surface area contributed by atoms with E-state index >= 15 is 0 Å². The average Bonchev–Trinajstić information content (AvgIpc) is 3.36. The second-order valence-electron chi connectivity index (χ2n) is 7.12. The number of nitrogens with zero attached hydrogens (tertiary/aromatic N) is 1. The molecule has 1 N–H and O–H groups in total. The van der Waals surface area contributed by atoms with Crippen LogP contribution in [-0.4, -0.2) is 31.9 Å². The molecule has 26 heavy (non-hydrogen) atoms. The van der Waals surface area contributed by atoms with E-state index in [1.54, 1.807) is 18.4 Å². The van der Waals surface area contributed by atoms with Gasteiger partial charge in [0.05, 0.1) is 12.0 Å². The summed E-state index contributed by atoms with van der Waals surface area (Å²) in [6.45, 7) is 5.93. The lowest BCUT2D eigenvalue weighted by Gasteiger charge is -2.35. The maximum absolute atomic E-state index is 5.63. The molecule has 0 aliphatic carbocycles. The molecule has 1 aliphatic rings. The fraction of sp³-hybridized carbons (Fsp3) is 0.571. The van der Waals surface area contributed by atoms with Crippen LogP contribution >= 0.6 is 11.3 Å². The number of hydrogen-bond donors (Lipinski definition) is 1. The molecule has 1 saturated heterocycles. The number of pyridine rings is 1. The van der Waals surface area contributed by atoms with E-state index in [0.29, 0.717) is 5.92 Å². The van der Waals surface area contributed by atoms with E-state index < -0.39 is 0 Å². The number of aromatic nitrogens is 1. The summed E-state index contributed by atoms with van der Waals surface area (Å²) in [6.07, 6.45) is 6.45. The van der Waals surface area contributed by atoms with Gasteiger partial charge in [-0.15, -0.1) is 11.3 Å². The Morgan fingerprint density at radius 1 is 1.38 bits per heavy atom. The Morgan fingerprint density at radius 3 is 3.00 bits per heavy atom. The lowest BCUT2D eigenvalue weighted by molar-refractivity contribution is 0.173. The van der Waals surface area contributed by atoms with E-state index in [1.807, 2.05) is 18.3 Å². The van der Waals surface area contributed by atoms with Gasteiger partial charge in [-0.25, -0.2) is 0 Å². The first-order valence-electron chi connectivity index (χ1n) is 9.58. The zero-order valence-electron chi connectivity index (χ0n) is 15.9. The molecule has 0 bridgehead atoms. The number of thiophene rings is 1. The van der Waals surface area contributed by atoms with Crippen molar-refractivity contribution in [3.63, 3.8) is 0 Å². The second-order valence-corrected chi connectivity index (χ2v) is 8.12. The third kappa shape index (κ3) is 4.64. The van der Waals surface area contributed by atoms with Gasteiger partial charge >= 0.3 is 0 Å². The minimum atomic E-state index is 0.117. The summed E-state index contributed by atoms with van der Waals surface area (Å²) in [7, 11) is 1.73. The highest BCUT2D eigenvalue weighted by Crippen LogP contribution is 2.39. The lowest BCUT2D eigenvalue weighted by Crippen LogP contribution is -2.33. The van der Waals surface area contributed by atoms with E-state index in [4.69, 9.17) is 14.5 Å². The first-order valence-corrected chi connectivity index (χ1v) is 10.5. The number of ether oxygens (including phenoxy) is 2. The van der Waals surface area contributed by atoms with E-state index in [1.165, 1.54) is 17.0 Å². The van der Waals surface area contributed by atoms with Crippen LogP contribution in [0.25, 0.3) is 0 Å². The van der Waals surface area contributed by atoms with Crippen molar-refractivity contribution >= 4 is 11.3 Å². The van der Waals surface area contributed by atoms with Gasteiger partial charge in [-0.1, -0.05) is 13.0 Å². The summed E-state index contributed by atoms with van der Waals surface area (Å²) in [4.78, 5) is 5.99. The van der Waals surface area contributed by atoms with Crippen molar-refractivity contribution in [2.45, 2.75) is 44.6 Å². The van der Waals surface area contributed by atoms with Gasteiger partial charge in [0, 0.05) is 37.1 Å². The van der Waals surface area contributed by atoms with Crippen molar-refractivity contribution in [2.75, 3.05) is 26.9 Å². The molecule has 2 atom stereocenters. The number of methoxy groups -OCH3 is 1. The summed E-state index contributed by atoms with van der Waals surface area (Å²) < 4.78 is 11.0. The van der Waals surface area contributed by atoms with Gasteiger partial charge in [0.25, 0.3) is 0 Å². The SMILES string of the molecule is CC[C@](CCNCc1sccc1OC)(CC1CCOC1)c1ccccn1. The summed E-state index contributed by atoms with van der Waals surface area (Å²) in [6, 6.07) is 8.35. The normalized spacial score (nSPS) is 19.4. The summed E-state index contributed by atoms with van der Waals surface area (Å²) in [5.41, 5.74) is 1.34. The summed E-state index contributed by atoms with van der Waals surface area (Å²) >= 11 is 1.74. The minimum Gasteiger partial charge on any atom is -0.496 e. The monoisotopic (exact) mass is 374 g/mol. The molecular formula is C21H30N2O2S. The smallest absolute Gasteiger partial charge is 0.134 e. The van der Waals surface area contributed by atoms with Crippen LogP contribution in [0.1, 0.15) is 43.2 Å². The molecule has 0 amide bonds. The van der Waals surface area contributed by atoms with Gasteiger partial charge in [0.1, 0.15) is 5.75 Å². The van der Waals surface area contributed by atoms with Gasteiger partial charge in [-0.3, -0.25) is 4.98 Å². The molecule has 0 spiro atoms. The molecule has 1 unspecified atom stereocenters. The second kappa shape index (κ2) is 9.49. The standard InChI is InChI=1S/C21H30N2O2S/c1-3-21(14-17-7-12-25-16-17,20-6-4-5-10-23-20)9-11-22-15-19-18(24-2)8-13-26-19/h4-6,8,10,13,17,22H,3,7,9,11-12,14-16H2,1-2H3/t17?,21-/m0/s1. The van der Waals surface area contributed by atoms with Gasteiger partial charge in [0.15, 0.2) is 0 Å². The topological polar surface area (TPSA) is 43.4 Å². The van der Waals surface area contributed by atoms with Crippen LogP contribution < -0.4 is 10.1 Å². The summed E-state index contributed by atoms with van der Waals surface area (Å²) in [5.74, 6) is 1.63. The van der Waals surface area contributed by atoms with Crippen molar-refractivity contribution in [3.8, 4) is 5.75 Å². The van der Waals surface area contributed by atoms with Crippen LogP contribution in [0.2, 0.25) is 0 Å². The van der Waals surface area contributed by atoms with Crippen LogP contribution in [0.15, 0.2) is 35.8 Å². The summed E-state index contributed by atoms with van der Waals surface area (Å²) in [5, 5.41) is 5.70. The van der Waals surface area contributed by atoms with Gasteiger partial charge in [0.2, 0.25) is 0 Å². The minimum absolute atomic E-state index is 0.117. The van der Waals surface area contributed by atoms with E-state index in [2.05, 4.69) is 29.8 Å². The highest BCUT2D eigenvalue weighted by molar-refractivity contribution is 7.10. The Labute approximate surface area is 160 Å². The molecule has 1 aliphatic heterocycles. The lowest BCUT2D eigenvalue weighted by atomic mass is 9.71. The number of rotatable bonds is 10. The molecule has 2 aromatic heterocycles. The van der Waals surface area contributed by atoms with Crippen molar-refractivity contribution in [3.05, 3.63) is 46.4 Å². The molecule has 5 heteroatoms. The van der Waals surface area contributed by atoms with Crippen LogP contribution in [0.4, 0.5) is 0 Å². The molecule has 0 radical (unpaired) electrons. The predicted octanol–water partition coefficient (Wildman–Crippen LogP) is 4.41. The Bertz CT molecular complexity index is 655. The molecule has 3 rings (SSSR count). The molecule has 2 aromatic rings. The van der Waals surface area contributed by atoms with Gasteiger partial charge in [-0.2, -0.15) is 0 Å². The largest absolute Gasteiger partial charge is 0.496 e. The molecule has 1 fully saturated rings. The fourth-order valence-electron chi connectivity index (χ4n) is 3.98. The maximum Gasteiger partial charge on any atom is 0.134 e. The first-order chi connectivity index (χ1) is 12.8. The quantitative estimate of drug-likeness (QED) is 0.626. The van der Waals surface area contributed by atoms with Crippen molar-refractivity contribution in [1.29, 1.82) is 0 Å². The van der Waals surface area contributed by atoms with Gasteiger partial charge in [-0.05, 0) is 61.7 Å². The Morgan fingerprint density at radius 2 is 2.31 bits per heavy atom. The molecule has 4 nitrogen and oxygen atoms in total. The van der Waals surface area contributed by atoms with E-state index in [9.17, 15) is 0 Å².